The lowest BCUT2D eigenvalue weighted by molar-refractivity contribution is -0.0488. The minimum Gasteiger partial charge on any atom is -0.504 e. The summed E-state index contributed by atoms with van der Waals surface area (Å²) in [5, 5.41) is 20.8. The lowest BCUT2D eigenvalue weighted by Gasteiger charge is -2.57. The minimum absolute atomic E-state index is 0. The molecule has 2 N–H and O–H groups in total. The Kier molecular flexibility index (Phi) is 3.50. The summed E-state index contributed by atoms with van der Waals surface area (Å²) in [6.07, 6.45) is 7.04. The fraction of sp³-hybridized carbons (Fsp3) is 0.474. The van der Waals surface area contributed by atoms with Gasteiger partial charge in [0.25, 0.3) is 0 Å². The molecule has 2 heterocycles. The topological polar surface area (TPSA) is 52.9 Å². The Hall–Kier alpha value is -1.49. The molecule has 0 saturated carbocycles. The summed E-state index contributed by atoms with van der Waals surface area (Å²) in [5.74, 6) is 1.13. The maximum Gasteiger partial charge on any atom is 0.165 e. The van der Waals surface area contributed by atoms with E-state index in [0.717, 1.165) is 31.5 Å². The Labute approximate surface area is 147 Å². The second-order valence-corrected chi connectivity index (χ2v) is 7.23. The summed E-state index contributed by atoms with van der Waals surface area (Å²) < 4.78 is 6.13. The van der Waals surface area contributed by atoms with Gasteiger partial charge in [-0.05, 0) is 31.0 Å². The van der Waals surface area contributed by atoms with Crippen LogP contribution in [0.15, 0.2) is 36.9 Å². The lowest BCUT2D eigenvalue weighted by Crippen LogP contribution is -2.65. The van der Waals surface area contributed by atoms with Gasteiger partial charge in [0, 0.05) is 29.5 Å². The van der Waals surface area contributed by atoms with Gasteiger partial charge in [-0.3, -0.25) is 4.90 Å². The molecule has 24 heavy (non-hydrogen) atoms. The predicted octanol–water partition coefficient (Wildman–Crippen LogP) is 2.18. The molecule has 1 aromatic rings. The highest BCUT2D eigenvalue weighted by atomic mass is 35.5. The normalized spacial score (nSPS) is 38.0. The lowest BCUT2D eigenvalue weighted by atomic mass is 9.53. The monoisotopic (exact) mass is 347 g/mol. The average molecular weight is 348 g/mol. The number of phenolic OH excluding ortho intramolecular Hbond substituents is 1. The van der Waals surface area contributed by atoms with E-state index < -0.39 is 6.10 Å². The number of benzene rings is 1. The van der Waals surface area contributed by atoms with Crippen LogP contribution in [0.3, 0.4) is 0 Å². The smallest absolute Gasteiger partial charge is 0.165 e. The number of hydrogen-bond acceptors (Lipinski definition) is 4. The highest BCUT2D eigenvalue weighted by molar-refractivity contribution is 5.85. The van der Waals surface area contributed by atoms with Crippen molar-refractivity contribution in [2.45, 2.75) is 36.5 Å². The van der Waals surface area contributed by atoms with Crippen LogP contribution in [0, 0.1) is 5.92 Å². The Balaban J connectivity index is 0.00000146. The van der Waals surface area contributed by atoms with Gasteiger partial charge in [-0.15, -0.1) is 19.0 Å². The van der Waals surface area contributed by atoms with Crippen molar-refractivity contribution in [3.05, 3.63) is 48.1 Å². The van der Waals surface area contributed by atoms with Gasteiger partial charge in [0.05, 0.1) is 0 Å². The van der Waals surface area contributed by atoms with E-state index in [9.17, 15) is 10.2 Å². The molecule has 5 rings (SSSR count). The summed E-state index contributed by atoms with van der Waals surface area (Å²) in [5.41, 5.74) is 2.22. The molecule has 128 valence electrons. The molecule has 0 radical (unpaired) electrons. The first-order chi connectivity index (χ1) is 11.2. The highest BCUT2D eigenvalue weighted by Crippen LogP contribution is 2.62. The van der Waals surface area contributed by atoms with Crippen LogP contribution in [-0.4, -0.2) is 46.5 Å². The molecule has 0 aromatic heterocycles. The van der Waals surface area contributed by atoms with Crippen molar-refractivity contribution in [3.63, 3.8) is 0 Å². The first-order valence-corrected chi connectivity index (χ1v) is 8.40. The van der Waals surface area contributed by atoms with Gasteiger partial charge in [0.2, 0.25) is 0 Å². The van der Waals surface area contributed by atoms with Gasteiger partial charge in [-0.1, -0.05) is 24.3 Å². The zero-order valence-corrected chi connectivity index (χ0v) is 14.2. The van der Waals surface area contributed by atoms with Crippen LogP contribution < -0.4 is 4.74 Å². The van der Waals surface area contributed by atoms with E-state index >= 15 is 0 Å². The largest absolute Gasteiger partial charge is 0.504 e. The zero-order chi connectivity index (χ0) is 15.8. The average Bonchev–Trinajstić information content (AvgIpc) is 2.89. The van der Waals surface area contributed by atoms with E-state index in [1.807, 2.05) is 18.2 Å². The number of hydrogen-bond donors (Lipinski definition) is 2. The molecule has 1 spiro atoms. The number of halogens is 1. The molecule has 4 aliphatic rings. The van der Waals surface area contributed by atoms with E-state index in [-0.39, 0.29) is 29.7 Å². The number of piperidine rings is 1. The quantitative estimate of drug-likeness (QED) is 0.805. The summed E-state index contributed by atoms with van der Waals surface area (Å²) >= 11 is 0. The van der Waals surface area contributed by atoms with Crippen LogP contribution in [0.5, 0.6) is 11.5 Å². The van der Waals surface area contributed by atoms with E-state index in [1.165, 1.54) is 5.56 Å². The molecule has 5 heteroatoms. The molecule has 0 unspecified atom stereocenters. The first kappa shape index (κ1) is 16.0. The van der Waals surface area contributed by atoms with E-state index in [0.29, 0.717) is 17.7 Å². The molecule has 0 amide bonds. The fourth-order valence-electron chi connectivity index (χ4n) is 5.52. The number of ether oxygens (including phenoxy) is 1. The Morgan fingerprint density at radius 1 is 1.38 bits per heavy atom. The van der Waals surface area contributed by atoms with Gasteiger partial charge in [-0.2, -0.15) is 0 Å². The zero-order valence-electron chi connectivity index (χ0n) is 13.4. The molecule has 2 bridgehead atoms. The molecular formula is C19H22ClNO3. The summed E-state index contributed by atoms with van der Waals surface area (Å²) in [4.78, 5) is 2.50. The van der Waals surface area contributed by atoms with Crippen molar-refractivity contribution in [2.24, 2.45) is 5.92 Å². The molecule has 4 nitrogen and oxygen atoms in total. The standard InChI is InChI=1S/C19H21NO3.ClH/c1-2-8-20-9-7-19-12-4-6-15(22)18(19)23-17-14(21)5-3-11(16(17)19)10-13(12)20;/h2-6,12-13,15,18,21-22H,1,7-10H2;1H/t12-,13+,15-,18-,19-;/m0./s1. The highest BCUT2D eigenvalue weighted by Gasteiger charge is 2.64. The van der Waals surface area contributed by atoms with Crippen LogP contribution in [0.25, 0.3) is 0 Å². The maximum atomic E-state index is 10.5. The molecular weight excluding hydrogens is 326 g/mol. The molecule has 5 atom stereocenters. The Bertz CT molecular complexity index is 734. The number of likely N-dealkylation sites (tertiary alicyclic amines) is 1. The van der Waals surface area contributed by atoms with Crippen molar-refractivity contribution < 1.29 is 14.9 Å². The number of nitrogens with zero attached hydrogens (tertiary/aromatic N) is 1. The van der Waals surface area contributed by atoms with Crippen molar-refractivity contribution in [1.82, 2.24) is 4.90 Å². The van der Waals surface area contributed by atoms with Crippen LogP contribution in [0.4, 0.5) is 0 Å². The minimum atomic E-state index is -0.615. The number of rotatable bonds is 2. The first-order valence-electron chi connectivity index (χ1n) is 8.40. The van der Waals surface area contributed by atoms with Crippen LogP contribution in [-0.2, 0) is 11.8 Å². The number of aliphatic hydroxyl groups excluding tert-OH is 1. The third kappa shape index (κ3) is 1.71. The second-order valence-electron chi connectivity index (χ2n) is 7.23. The Morgan fingerprint density at radius 3 is 3.00 bits per heavy atom. The van der Waals surface area contributed by atoms with Gasteiger partial charge in [0.1, 0.15) is 12.2 Å². The molecule has 1 saturated heterocycles. The molecule has 2 aliphatic heterocycles. The summed E-state index contributed by atoms with van der Waals surface area (Å²) in [7, 11) is 0. The second kappa shape index (κ2) is 5.25. The fourth-order valence-corrected chi connectivity index (χ4v) is 5.52. The van der Waals surface area contributed by atoms with E-state index in [4.69, 9.17) is 4.74 Å². The maximum absolute atomic E-state index is 10.5. The SMILES string of the molecule is C=CCN1CC[C@]23c4c5ccc(O)c4O[C@H]2[C@@H](O)C=C[C@H]3[C@H]1C5.Cl. The van der Waals surface area contributed by atoms with Crippen LogP contribution in [0.2, 0.25) is 0 Å². The van der Waals surface area contributed by atoms with Gasteiger partial charge >= 0.3 is 0 Å². The summed E-state index contributed by atoms with van der Waals surface area (Å²) in [6, 6.07) is 4.17. The molecule has 1 aromatic carbocycles. The van der Waals surface area contributed by atoms with Crippen molar-refractivity contribution in [3.8, 4) is 11.5 Å². The summed E-state index contributed by atoms with van der Waals surface area (Å²) in [6.45, 7) is 5.76. The van der Waals surface area contributed by atoms with Crippen LogP contribution in [0.1, 0.15) is 17.5 Å². The molecule has 2 aliphatic carbocycles. The number of aromatic hydroxyl groups is 1. The van der Waals surface area contributed by atoms with Crippen molar-refractivity contribution in [2.75, 3.05) is 13.1 Å². The van der Waals surface area contributed by atoms with Gasteiger partial charge in [0.15, 0.2) is 11.5 Å². The van der Waals surface area contributed by atoms with E-state index in [2.05, 4.69) is 17.6 Å². The van der Waals surface area contributed by atoms with Crippen LogP contribution >= 0.6 is 12.4 Å². The third-order valence-corrected chi connectivity index (χ3v) is 6.35. The number of phenols is 1. The Morgan fingerprint density at radius 2 is 2.21 bits per heavy atom. The number of aliphatic hydroxyl groups is 1. The van der Waals surface area contributed by atoms with Gasteiger partial charge < -0.3 is 14.9 Å². The third-order valence-electron chi connectivity index (χ3n) is 6.35. The van der Waals surface area contributed by atoms with E-state index in [1.54, 1.807) is 6.07 Å². The van der Waals surface area contributed by atoms with Gasteiger partial charge in [-0.25, -0.2) is 0 Å². The predicted molar refractivity (Wildman–Crippen MR) is 94.0 cm³/mol. The molecule has 1 fully saturated rings. The van der Waals surface area contributed by atoms with Crippen molar-refractivity contribution in [1.29, 1.82) is 0 Å². The van der Waals surface area contributed by atoms with Crippen molar-refractivity contribution >= 4 is 12.4 Å².